The van der Waals surface area contributed by atoms with Crippen LogP contribution < -0.4 is 10.6 Å². The standard InChI is InChI=1S/C16H20N2OS/c1-4-17-10-13-7-5-6-8-14(13)18-16(19)15-9-11(2)12(3)20-15/h5-9,17H,4,10H2,1-3H3,(H,18,19). The fraction of sp³-hybridized carbons (Fsp3) is 0.312. The SMILES string of the molecule is CCNCc1ccccc1NC(=O)c1cc(C)c(C)s1. The Morgan fingerprint density at radius 3 is 2.65 bits per heavy atom. The Hall–Kier alpha value is -1.65. The van der Waals surface area contributed by atoms with Gasteiger partial charge in [-0.3, -0.25) is 4.79 Å². The fourth-order valence-electron chi connectivity index (χ4n) is 1.93. The zero-order valence-electron chi connectivity index (χ0n) is 12.1. The molecule has 4 heteroatoms. The summed E-state index contributed by atoms with van der Waals surface area (Å²) in [5.41, 5.74) is 3.15. The van der Waals surface area contributed by atoms with Gasteiger partial charge in [-0.05, 0) is 43.7 Å². The molecule has 0 saturated carbocycles. The zero-order valence-corrected chi connectivity index (χ0v) is 12.9. The lowest BCUT2D eigenvalue weighted by molar-refractivity contribution is 0.103. The normalized spacial score (nSPS) is 10.6. The minimum absolute atomic E-state index is 0.0323. The number of nitrogens with one attached hydrogen (secondary N) is 2. The lowest BCUT2D eigenvalue weighted by Gasteiger charge is -2.10. The summed E-state index contributed by atoms with van der Waals surface area (Å²) in [6.45, 7) is 7.80. The summed E-state index contributed by atoms with van der Waals surface area (Å²) in [6.07, 6.45) is 0. The van der Waals surface area contributed by atoms with Gasteiger partial charge in [-0.1, -0.05) is 25.1 Å². The van der Waals surface area contributed by atoms with E-state index in [-0.39, 0.29) is 5.91 Å². The molecule has 20 heavy (non-hydrogen) atoms. The van der Waals surface area contributed by atoms with Gasteiger partial charge in [0.15, 0.2) is 0 Å². The topological polar surface area (TPSA) is 41.1 Å². The van der Waals surface area contributed by atoms with Crippen molar-refractivity contribution in [3.05, 3.63) is 51.2 Å². The summed E-state index contributed by atoms with van der Waals surface area (Å²) >= 11 is 1.54. The molecule has 0 bridgehead atoms. The molecule has 2 aromatic rings. The van der Waals surface area contributed by atoms with E-state index in [9.17, 15) is 4.79 Å². The second-order valence-electron chi connectivity index (χ2n) is 4.74. The molecule has 1 aromatic heterocycles. The Morgan fingerprint density at radius 2 is 2.00 bits per heavy atom. The van der Waals surface area contributed by atoms with E-state index in [2.05, 4.69) is 17.6 Å². The predicted octanol–water partition coefficient (Wildman–Crippen LogP) is 3.73. The molecule has 0 fully saturated rings. The smallest absolute Gasteiger partial charge is 0.265 e. The maximum Gasteiger partial charge on any atom is 0.265 e. The highest BCUT2D eigenvalue weighted by molar-refractivity contribution is 7.14. The molecule has 2 rings (SSSR count). The maximum atomic E-state index is 12.3. The van der Waals surface area contributed by atoms with Gasteiger partial charge in [0.2, 0.25) is 0 Å². The van der Waals surface area contributed by atoms with Gasteiger partial charge in [-0.2, -0.15) is 0 Å². The number of hydrogen-bond acceptors (Lipinski definition) is 3. The number of amides is 1. The maximum absolute atomic E-state index is 12.3. The van der Waals surface area contributed by atoms with E-state index in [0.717, 1.165) is 29.2 Å². The summed E-state index contributed by atoms with van der Waals surface area (Å²) in [7, 11) is 0. The first kappa shape index (κ1) is 14.8. The van der Waals surface area contributed by atoms with Crippen molar-refractivity contribution in [2.45, 2.75) is 27.3 Å². The van der Waals surface area contributed by atoms with Gasteiger partial charge in [0.25, 0.3) is 5.91 Å². The van der Waals surface area contributed by atoms with Gasteiger partial charge in [0, 0.05) is 17.1 Å². The Kier molecular flexibility index (Phi) is 4.93. The first-order chi connectivity index (χ1) is 9.61. The Bertz CT molecular complexity index is 585. The molecule has 106 valence electrons. The first-order valence-electron chi connectivity index (χ1n) is 6.78. The van der Waals surface area contributed by atoms with Crippen LogP contribution >= 0.6 is 11.3 Å². The van der Waals surface area contributed by atoms with E-state index in [4.69, 9.17) is 0 Å². The molecule has 0 spiro atoms. The van der Waals surface area contributed by atoms with Crippen molar-refractivity contribution in [3.8, 4) is 0 Å². The largest absolute Gasteiger partial charge is 0.321 e. The van der Waals surface area contributed by atoms with Crippen molar-refractivity contribution in [2.24, 2.45) is 0 Å². The van der Waals surface area contributed by atoms with Crippen LogP contribution in [0, 0.1) is 13.8 Å². The molecule has 0 aliphatic carbocycles. The molecule has 0 saturated heterocycles. The van der Waals surface area contributed by atoms with Gasteiger partial charge < -0.3 is 10.6 Å². The Labute approximate surface area is 124 Å². The molecular weight excluding hydrogens is 268 g/mol. The van der Waals surface area contributed by atoms with Crippen LogP contribution in [0.3, 0.4) is 0 Å². The number of rotatable bonds is 5. The van der Waals surface area contributed by atoms with Crippen molar-refractivity contribution in [2.75, 3.05) is 11.9 Å². The van der Waals surface area contributed by atoms with Crippen molar-refractivity contribution in [1.29, 1.82) is 0 Å². The summed E-state index contributed by atoms with van der Waals surface area (Å²) in [5, 5.41) is 6.29. The molecular formula is C16H20N2OS. The molecule has 1 amide bonds. The lowest BCUT2D eigenvalue weighted by atomic mass is 10.1. The molecule has 3 nitrogen and oxygen atoms in total. The highest BCUT2D eigenvalue weighted by atomic mass is 32.1. The van der Waals surface area contributed by atoms with Crippen molar-refractivity contribution in [1.82, 2.24) is 5.32 Å². The number of aryl methyl sites for hydroxylation is 2. The Balaban J connectivity index is 2.15. The predicted molar refractivity (Wildman–Crippen MR) is 85.6 cm³/mol. The zero-order chi connectivity index (χ0) is 14.5. The second-order valence-corrected chi connectivity index (χ2v) is 6.00. The summed E-state index contributed by atoms with van der Waals surface area (Å²) < 4.78 is 0. The molecule has 0 aliphatic rings. The molecule has 1 aromatic carbocycles. The van der Waals surface area contributed by atoms with Crippen LogP contribution in [0.1, 0.15) is 32.6 Å². The number of benzene rings is 1. The van der Waals surface area contributed by atoms with E-state index in [0.29, 0.717) is 0 Å². The minimum atomic E-state index is -0.0323. The van der Waals surface area contributed by atoms with Crippen LogP contribution in [0.2, 0.25) is 0 Å². The van der Waals surface area contributed by atoms with Crippen LogP contribution in [0.4, 0.5) is 5.69 Å². The molecule has 1 heterocycles. The van der Waals surface area contributed by atoms with E-state index in [1.165, 1.54) is 21.8 Å². The average molecular weight is 288 g/mol. The lowest BCUT2D eigenvalue weighted by Crippen LogP contribution is -2.16. The van der Waals surface area contributed by atoms with Gasteiger partial charge in [-0.15, -0.1) is 11.3 Å². The minimum Gasteiger partial charge on any atom is -0.321 e. The number of carbonyl (C=O) groups is 1. The highest BCUT2D eigenvalue weighted by Crippen LogP contribution is 2.23. The van der Waals surface area contributed by atoms with Crippen molar-refractivity contribution >= 4 is 22.9 Å². The quantitative estimate of drug-likeness (QED) is 0.880. The van der Waals surface area contributed by atoms with E-state index in [1.807, 2.05) is 44.2 Å². The van der Waals surface area contributed by atoms with E-state index >= 15 is 0 Å². The average Bonchev–Trinajstić information content (AvgIpc) is 2.78. The number of anilines is 1. The third-order valence-electron chi connectivity index (χ3n) is 3.22. The molecule has 0 unspecified atom stereocenters. The van der Waals surface area contributed by atoms with Gasteiger partial charge in [-0.25, -0.2) is 0 Å². The van der Waals surface area contributed by atoms with Crippen molar-refractivity contribution < 1.29 is 4.79 Å². The monoisotopic (exact) mass is 288 g/mol. The highest BCUT2D eigenvalue weighted by Gasteiger charge is 2.12. The van der Waals surface area contributed by atoms with Crippen LogP contribution in [0.5, 0.6) is 0 Å². The van der Waals surface area contributed by atoms with E-state index < -0.39 is 0 Å². The van der Waals surface area contributed by atoms with Gasteiger partial charge >= 0.3 is 0 Å². The third-order valence-corrected chi connectivity index (χ3v) is 4.37. The van der Waals surface area contributed by atoms with Gasteiger partial charge in [0.1, 0.15) is 0 Å². The number of para-hydroxylation sites is 1. The van der Waals surface area contributed by atoms with Crippen LogP contribution in [-0.2, 0) is 6.54 Å². The molecule has 0 aliphatic heterocycles. The number of hydrogen-bond donors (Lipinski definition) is 2. The van der Waals surface area contributed by atoms with Gasteiger partial charge in [0.05, 0.1) is 4.88 Å². The summed E-state index contributed by atoms with van der Waals surface area (Å²) in [4.78, 5) is 14.2. The number of carbonyl (C=O) groups excluding carboxylic acids is 1. The van der Waals surface area contributed by atoms with Crippen LogP contribution in [0.15, 0.2) is 30.3 Å². The molecule has 0 atom stereocenters. The van der Waals surface area contributed by atoms with Crippen LogP contribution in [0.25, 0.3) is 0 Å². The second kappa shape index (κ2) is 6.68. The van der Waals surface area contributed by atoms with E-state index in [1.54, 1.807) is 0 Å². The van der Waals surface area contributed by atoms with Crippen molar-refractivity contribution in [3.63, 3.8) is 0 Å². The van der Waals surface area contributed by atoms with Crippen LogP contribution in [-0.4, -0.2) is 12.5 Å². The molecule has 0 radical (unpaired) electrons. The fourth-order valence-corrected chi connectivity index (χ4v) is 2.85. The first-order valence-corrected chi connectivity index (χ1v) is 7.60. The molecule has 2 N–H and O–H groups in total. The summed E-state index contributed by atoms with van der Waals surface area (Å²) in [6, 6.07) is 9.85. The Morgan fingerprint density at radius 1 is 1.25 bits per heavy atom. The number of thiophene rings is 1. The summed E-state index contributed by atoms with van der Waals surface area (Å²) in [5.74, 6) is -0.0323. The third kappa shape index (κ3) is 3.46.